The number of benzene rings is 1. The predicted octanol–water partition coefficient (Wildman–Crippen LogP) is 2.19. The summed E-state index contributed by atoms with van der Waals surface area (Å²) in [6.45, 7) is 6.88. The number of carbonyl (C=O) groups is 1. The third-order valence-corrected chi connectivity index (χ3v) is 7.05. The molecule has 0 bridgehead atoms. The summed E-state index contributed by atoms with van der Waals surface area (Å²) < 4.78 is 31.8. The third-order valence-electron chi connectivity index (χ3n) is 4.46. The summed E-state index contributed by atoms with van der Waals surface area (Å²) in [5.74, 6) is -0.347. The number of amides is 1. The molecule has 1 saturated heterocycles. The van der Waals surface area contributed by atoms with E-state index >= 15 is 0 Å². The average Bonchev–Trinajstić information content (AvgIpc) is 2.96. The van der Waals surface area contributed by atoms with Gasteiger partial charge in [0.25, 0.3) is 0 Å². The van der Waals surface area contributed by atoms with E-state index in [-0.39, 0.29) is 12.0 Å². The zero-order valence-corrected chi connectivity index (χ0v) is 14.8. The van der Waals surface area contributed by atoms with Gasteiger partial charge >= 0.3 is 0 Å². The number of nitrogens with zero attached hydrogens (tertiary/aromatic N) is 1. The van der Waals surface area contributed by atoms with Crippen molar-refractivity contribution in [1.82, 2.24) is 4.90 Å². The van der Waals surface area contributed by atoms with E-state index in [1.165, 1.54) is 0 Å². The van der Waals surface area contributed by atoms with Crippen LogP contribution in [0.4, 0.5) is 0 Å². The Balaban J connectivity index is 2.47. The molecule has 1 amide bonds. The minimum atomic E-state index is -3.68. The van der Waals surface area contributed by atoms with Gasteiger partial charge in [0.05, 0.1) is 11.4 Å². The van der Waals surface area contributed by atoms with Crippen molar-refractivity contribution in [3.8, 4) is 0 Å². The molecule has 0 radical (unpaired) electrons. The second-order valence-electron chi connectivity index (χ2n) is 5.79. The van der Waals surface area contributed by atoms with E-state index in [2.05, 4.69) is 0 Å². The Kier molecular flexibility index (Phi) is 5.81. The minimum absolute atomic E-state index is 0.347. The van der Waals surface area contributed by atoms with Gasteiger partial charge < -0.3 is 9.64 Å². The quantitative estimate of drug-likeness (QED) is 0.797. The lowest BCUT2D eigenvalue weighted by molar-refractivity contribution is -0.130. The third kappa shape index (κ3) is 3.58. The van der Waals surface area contributed by atoms with E-state index < -0.39 is 20.3 Å². The molecule has 6 heteroatoms. The van der Waals surface area contributed by atoms with E-state index in [1.54, 1.807) is 36.1 Å². The lowest BCUT2D eigenvalue weighted by atomic mass is 10.1. The Morgan fingerprint density at radius 1 is 1.26 bits per heavy atom. The first-order valence-corrected chi connectivity index (χ1v) is 9.72. The van der Waals surface area contributed by atoms with Crippen molar-refractivity contribution in [3.63, 3.8) is 0 Å². The van der Waals surface area contributed by atoms with Crippen LogP contribution in [0, 0.1) is 0 Å². The Morgan fingerprint density at radius 2 is 1.87 bits per heavy atom. The molecule has 128 valence electrons. The molecule has 1 fully saturated rings. The molecule has 0 aromatic heterocycles. The van der Waals surface area contributed by atoms with Gasteiger partial charge in [-0.1, -0.05) is 30.3 Å². The van der Waals surface area contributed by atoms with Crippen molar-refractivity contribution in [2.24, 2.45) is 0 Å². The van der Waals surface area contributed by atoms with Gasteiger partial charge in [-0.05, 0) is 32.8 Å². The van der Waals surface area contributed by atoms with Crippen LogP contribution in [0.5, 0.6) is 0 Å². The predicted molar refractivity (Wildman–Crippen MR) is 89.8 cm³/mol. The topological polar surface area (TPSA) is 63.7 Å². The molecule has 3 atom stereocenters. The summed E-state index contributed by atoms with van der Waals surface area (Å²) >= 11 is 0. The number of sulfone groups is 1. The summed E-state index contributed by atoms with van der Waals surface area (Å²) in [6, 6.07) is 8.77. The van der Waals surface area contributed by atoms with Crippen molar-refractivity contribution >= 4 is 15.7 Å². The van der Waals surface area contributed by atoms with Gasteiger partial charge in [-0.2, -0.15) is 0 Å². The van der Waals surface area contributed by atoms with Crippen molar-refractivity contribution in [2.45, 2.75) is 43.8 Å². The summed E-state index contributed by atoms with van der Waals surface area (Å²) in [5, 5.41) is -1.79. The SMILES string of the molecule is CCN(CC)C(=O)C(c1ccccc1)S(=O)(=O)C1CCOC1C. The normalized spacial score (nSPS) is 22.7. The van der Waals surface area contributed by atoms with Crippen molar-refractivity contribution < 1.29 is 17.9 Å². The van der Waals surface area contributed by atoms with Crippen molar-refractivity contribution in [2.75, 3.05) is 19.7 Å². The second-order valence-corrected chi connectivity index (χ2v) is 8.05. The zero-order chi connectivity index (χ0) is 17.0. The molecule has 23 heavy (non-hydrogen) atoms. The van der Waals surface area contributed by atoms with Crippen LogP contribution in [-0.2, 0) is 19.4 Å². The molecule has 5 nitrogen and oxygen atoms in total. The Labute approximate surface area is 138 Å². The van der Waals surface area contributed by atoms with Crippen LogP contribution >= 0.6 is 0 Å². The molecule has 1 aliphatic rings. The maximum atomic E-state index is 13.2. The number of hydrogen-bond donors (Lipinski definition) is 0. The number of hydrogen-bond acceptors (Lipinski definition) is 4. The Bertz CT molecular complexity index is 625. The lowest BCUT2D eigenvalue weighted by Crippen LogP contribution is -2.42. The first kappa shape index (κ1) is 17.9. The molecule has 0 N–H and O–H groups in total. The van der Waals surface area contributed by atoms with Crippen molar-refractivity contribution in [3.05, 3.63) is 35.9 Å². The zero-order valence-electron chi connectivity index (χ0n) is 13.9. The van der Waals surface area contributed by atoms with Gasteiger partial charge in [0.1, 0.15) is 0 Å². The molecule has 1 heterocycles. The van der Waals surface area contributed by atoms with Gasteiger partial charge in [0.2, 0.25) is 5.91 Å². The van der Waals surface area contributed by atoms with Crippen LogP contribution in [0.2, 0.25) is 0 Å². The largest absolute Gasteiger partial charge is 0.377 e. The van der Waals surface area contributed by atoms with E-state index in [4.69, 9.17) is 4.74 Å². The summed E-state index contributed by atoms with van der Waals surface area (Å²) in [7, 11) is -3.68. The molecule has 1 aromatic rings. The van der Waals surface area contributed by atoms with Gasteiger partial charge in [0, 0.05) is 19.7 Å². The maximum absolute atomic E-state index is 13.2. The molecule has 0 aliphatic carbocycles. The smallest absolute Gasteiger partial charge is 0.245 e. The van der Waals surface area contributed by atoms with Crippen LogP contribution in [0.15, 0.2) is 30.3 Å². The molecular formula is C17H25NO4S. The van der Waals surface area contributed by atoms with Crippen LogP contribution in [0.25, 0.3) is 0 Å². The maximum Gasteiger partial charge on any atom is 0.245 e. The highest BCUT2D eigenvalue weighted by atomic mass is 32.2. The van der Waals surface area contributed by atoms with Crippen LogP contribution < -0.4 is 0 Å². The summed E-state index contributed by atoms with van der Waals surface area (Å²) in [4.78, 5) is 14.5. The fraction of sp³-hybridized carbons (Fsp3) is 0.588. The Morgan fingerprint density at radius 3 is 2.35 bits per heavy atom. The average molecular weight is 339 g/mol. The van der Waals surface area contributed by atoms with Gasteiger partial charge in [0.15, 0.2) is 15.1 Å². The number of ether oxygens (including phenoxy) is 1. The second kappa shape index (κ2) is 7.45. The molecule has 1 aromatic carbocycles. The minimum Gasteiger partial charge on any atom is -0.377 e. The molecule has 2 rings (SSSR count). The standard InChI is InChI=1S/C17H25NO4S/c1-4-18(5-2)17(19)16(14-9-7-6-8-10-14)23(20,21)15-11-12-22-13(15)3/h6-10,13,15-16H,4-5,11-12H2,1-3H3. The molecule has 1 aliphatic heterocycles. The molecule has 3 unspecified atom stereocenters. The first-order valence-electron chi connectivity index (χ1n) is 8.11. The molecule has 0 spiro atoms. The van der Waals surface area contributed by atoms with Crippen molar-refractivity contribution in [1.29, 1.82) is 0 Å². The first-order chi connectivity index (χ1) is 10.9. The molecule has 0 saturated carbocycles. The van der Waals surface area contributed by atoms with E-state index in [0.717, 1.165) is 0 Å². The van der Waals surface area contributed by atoms with E-state index in [0.29, 0.717) is 31.7 Å². The highest BCUT2D eigenvalue weighted by molar-refractivity contribution is 7.93. The Hall–Kier alpha value is -1.40. The summed E-state index contributed by atoms with van der Waals surface area (Å²) in [5.41, 5.74) is 0.531. The highest BCUT2D eigenvalue weighted by Crippen LogP contribution is 2.33. The summed E-state index contributed by atoms with van der Waals surface area (Å²) in [6.07, 6.45) is 0.0639. The van der Waals surface area contributed by atoms with Crippen LogP contribution in [0.1, 0.15) is 38.0 Å². The van der Waals surface area contributed by atoms with Gasteiger partial charge in [-0.25, -0.2) is 8.42 Å². The van der Waals surface area contributed by atoms with Crippen LogP contribution in [0.3, 0.4) is 0 Å². The lowest BCUT2D eigenvalue weighted by Gasteiger charge is -2.28. The van der Waals surface area contributed by atoms with Crippen LogP contribution in [-0.4, -0.2) is 50.3 Å². The van der Waals surface area contributed by atoms with E-state index in [1.807, 2.05) is 19.9 Å². The fourth-order valence-corrected chi connectivity index (χ4v) is 5.47. The fourth-order valence-electron chi connectivity index (χ4n) is 3.12. The van der Waals surface area contributed by atoms with E-state index in [9.17, 15) is 13.2 Å². The number of rotatable bonds is 6. The number of carbonyl (C=O) groups excluding carboxylic acids is 1. The monoisotopic (exact) mass is 339 g/mol. The number of likely N-dealkylation sites (N-methyl/N-ethyl adjacent to an activating group) is 1. The highest BCUT2D eigenvalue weighted by Gasteiger charge is 2.45. The van der Waals surface area contributed by atoms with Gasteiger partial charge in [-0.3, -0.25) is 4.79 Å². The van der Waals surface area contributed by atoms with Gasteiger partial charge in [-0.15, -0.1) is 0 Å². The molecular weight excluding hydrogens is 314 g/mol.